The molecule has 0 fully saturated rings. The molecule has 0 saturated heterocycles. The van der Waals surface area contributed by atoms with Crippen molar-refractivity contribution in [1.29, 1.82) is 0 Å². The quantitative estimate of drug-likeness (QED) is 0.210. The fraction of sp³-hybridized carbons (Fsp3) is 0.417. The van der Waals surface area contributed by atoms with Crippen LogP contribution in [0.5, 0.6) is 0 Å². The fourth-order valence-electron chi connectivity index (χ4n) is 1.25. The van der Waals surface area contributed by atoms with Crippen LogP contribution in [0.4, 0.5) is 5.82 Å². The summed E-state index contributed by atoms with van der Waals surface area (Å²) in [6.45, 7) is 5.04. The van der Waals surface area contributed by atoms with E-state index in [1.54, 1.807) is 26.1 Å². The zero-order valence-corrected chi connectivity index (χ0v) is 13.1. The lowest BCUT2D eigenvalue weighted by molar-refractivity contribution is -0.142. The maximum Gasteiger partial charge on any atom is 0.302 e. The lowest BCUT2D eigenvalue weighted by Crippen LogP contribution is -2.36. The number of ether oxygens (including phenoxy) is 1. The summed E-state index contributed by atoms with van der Waals surface area (Å²) < 4.78 is 5.96. The van der Waals surface area contributed by atoms with E-state index in [4.69, 9.17) is 9.94 Å². The fourth-order valence-corrected chi connectivity index (χ4v) is 1.57. The predicted octanol–water partition coefficient (Wildman–Crippen LogP) is 2.48. The van der Waals surface area contributed by atoms with E-state index < -0.39 is 5.41 Å². The van der Waals surface area contributed by atoms with Crippen LogP contribution in [0, 0.1) is 8.99 Å². The van der Waals surface area contributed by atoms with Crippen LogP contribution in [-0.4, -0.2) is 28.6 Å². The van der Waals surface area contributed by atoms with E-state index in [9.17, 15) is 4.79 Å². The van der Waals surface area contributed by atoms with Gasteiger partial charge < -0.3 is 15.3 Å². The number of carbonyl (C=O) groups excluding carboxylic acids is 1. The van der Waals surface area contributed by atoms with Crippen molar-refractivity contribution in [3.63, 3.8) is 0 Å². The Bertz CT molecular complexity index is 472. The summed E-state index contributed by atoms with van der Waals surface area (Å²) in [5.41, 5.74) is -0.648. The summed E-state index contributed by atoms with van der Waals surface area (Å²) in [4.78, 5) is 15.0. The zero-order chi connectivity index (χ0) is 14.5. The van der Waals surface area contributed by atoms with E-state index in [0.717, 1.165) is 3.57 Å². The molecule has 19 heavy (non-hydrogen) atoms. The van der Waals surface area contributed by atoms with Gasteiger partial charge in [-0.2, -0.15) is 0 Å². The molecule has 0 spiro atoms. The summed E-state index contributed by atoms with van der Waals surface area (Å²) in [7, 11) is 0. The van der Waals surface area contributed by atoms with Crippen molar-refractivity contribution in [2.75, 3.05) is 11.9 Å². The van der Waals surface area contributed by atoms with Crippen molar-refractivity contribution in [3.05, 3.63) is 21.9 Å². The number of amidine groups is 1. The van der Waals surface area contributed by atoms with Gasteiger partial charge in [-0.05, 0) is 48.6 Å². The van der Waals surface area contributed by atoms with Crippen LogP contribution < -0.4 is 5.32 Å². The van der Waals surface area contributed by atoms with Gasteiger partial charge in [-0.1, -0.05) is 5.16 Å². The number of hydrogen-bond acceptors (Lipinski definition) is 5. The minimum Gasteiger partial charge on any atom is -0.465 e. The summed E-state index contributed by atoms with van der Waals surface area (Å²) in [6, 6.07) is 3.65. The third-order valence-electron chi connectivity index (χ3n) is 2.35. The minimum absolute atomic E-state index is 0.110. The molecule has 1 aromatic rings. The second kappa shape index (κ2) is 6.69. The molecule has 2 N–H and O–H groups in total. The monoisotopic (exact) mass is 377 g/mol. The van der Waals surface area contributed by atoms with Crippen LogP contribution in [-0.2, 0) is 9.53 Å². The maximum atomic E-state index is 10.8. The first-order chi connectivity index (χ1) is 8.85. The molecule has 6 nitrogen and oxygen atoms in total. The van der Waals surface area contributed by atoms with Crippen LogP contribution in [0.3, 0.4) is 0 Å². The second-order valence-corrected chi connectivity index (χ2v) is 5.85. The Morgan fingerprint density at radius 2 is 2.26 bits per heavy atom. The number of aromatic nitrogens is 1. The predicted molar refractivity (Wildman–Crippen MR) is 80.2 cm³/mol. The Balaban J connectivity index is 2.77. The molecule has 0 bridgehead atoms. The first-order valence-electron chi connectivity index (χ1n) is 5.59. The van der Waals surface area contributed by atoms with E-state index in [-0.39, 0.29) is 18.4 Å². The first-order valence-corrected chi connectivity index (χ1v) is 6.67. The molecule has 0 aliphatic heterocycles. The number of nitrogens with zero attached hydrogens (tertiary/aromatic N) is 2. The van der Waals surface area contributed by atoms with E-state index in [1.165, 1.54) is 6.92 Å². The number of oxime groups is 1. The van der Waals surface area contributed by atoms with Crippen LogP contribution in [0.1, 0.15) is 20.8 Å². The van der Waals surface area contributed by atoms with Gasteiger partial charge in [0, 0.05) is 16.7 Å². The topological polar surface area (TPSA) is 83.8 Å². The van der Waals surface area contributed by atoms with E-state index in [0.29, 0.717) is 5.82 Å². The largest absolute Gasteiger partial charge is 0.465 e. The molecule has 1 aromatic heterocycles. The van der Waals surface area contributed by atoms with Crippen molar-refractivity contribution in [2.24, 2.45) is 10.6 Å². The number of halogens is 1. The van der Waals surface area contributed by atoms with Gasteiger partial charge in [-0.3, -0.25) is 4.79 Å². The van der Waals surface area contributed by atoms with Gasteiger partial charge in [0.2, 0.25) is 0 Å². The van der Waals surface area contributed by atoms with E-state index in [2.05, 4.69) is 38.0 Å². The number of pyridine rings is 1. The molecule has 0 amide bonds. The molecular formula is C12H16IN3O3. The van der Waals surface area contributed by atoms with Crippen molar-refractivity contribution in [1.82, 2.24) is 4.98 Å². The molecule has 1 rings (SSSR count). The number of carbonyl (C=O) groups is 1. The maximum absolute atomic E-state index is 10.8. The van der Waals surface area contributed by atoms with Crippen LogP contribution in [0.2, 0.25) is 0 Å². The van der Waals surface area contributed by atoms with Crippen molar-refractivity contribution < 1.29 is 14.7 Å². The van der Waals surface area contributed by atoms with Crippen LogP contribution in [0.25, 0.3) is 0 Å². The number of anilines is 1. The average molecular weight is 377 g/mol. The van der Waals surface area contributed by atoms with Gasteiger partial charge >= 0.3 is 5.97 Å². The van der Waals surface area contributed by atoms with Crippen LogP contribution >= 0.6 is 22.6 Å². The highest BCUT2D eigenvalue weighted by Crippen LogP contribution is 2.20. The van der Waals surface area contributed by atoms with Crippen LogP contribution in [0.15, 0.2) is 23.5 Å². The molecule has 0 aliphatic rings. The summed E-state index contributed by atoms with van der Waals surface area (Å²) in [5, 5.41) is 15.2. The third-order valence-corrected chi connectivity index (χ3v) is 2.99. The van der Waals surface area contributed by atoms with Crippen molar-refractivity contribution >= 4 is 40.2 Å². The zero-order valence-electron chi connectivity index (χ0n) is 11.0. The van der Waals surface area contributed by atoms with Gasteiger partial charge in [0.1, 0.15) is 12.4 Å². The highest BCUT2D eigenvalue weighted by Gasteiger charge is 2.28. The highest BCUT2D eigenvalue weighted by atomic mass is 127. The van der Waals surface area contributed by atoms with E-state index in [1.807, 2.05) is 6.07 Å². The Morgan fingerprint density at radius 3 is 2.74 bits per heavy atom. The van der Waals surface area contributed by atoms with Crippen molar-refractivity contribution in [2.45, 2.75) is 20.8 Å². The number of hydrogen-bond donors (Lipinski definition) is 2. The Morgan fingerprint density at radius 1 is 1.58 bits per heavy atom. The lowest BCUT2D eigenvalue weighted by Gasteiger charge is -2.25. The van der Waals surface area contributed by atoms with Gasteiger partial charge in [0.25, 0.3) is 0 Å². The highest BCUT2D eigenvalue weighted by molar-refractivity contribution is 14.1. The Kier molecular flexibility index (Phi) is 5.52. The van der Waals surface area contributed by atoms with Gasteiger partial charge in [-0.15, -0.1) is 0 Å². The second-order valence-electron chi connectivity index (χ2n) is 4.60. The minimum atomic E-state index is -0.648. The number of esters is 1. The molecule has 0 radical (unpaired) electrons. The molecule has 0 saturated carbocycles. The normalized spacial score (nSPS) is 12.1. The van der Waals surface area contributed by atoms with Crippen molar-refractivity contribution in [3.8, 4) is 0 Å². The van der Waals surface area contributed by atoms with Gasteiger partial charge in [-0.25, -0.2) is 4.98 Å². The third kappa shape index (κ3) is 5.01. The smallest absolute Gasteiger partial charge is 0.302 e. The summed E-state index contributed by atoms with van der Waals surface area (Å²) in [6.07, 6.45) is 1.69. The molecule has 0 atom stereocenters. The molecule has 0 aliphatic carbocycles. The average Bonchev–Trinajstić information content (AvgIpc) is 2.35. The summed E-state index contributed by atoms with van der Waals surface area (Å²) >= 11 is 2.15. The Labute approximate surface area is 125 Å². The number of rotatable bonds is 4. The number of nitrogens with one attached hydrogen (secondary N) is 1. The molecule has 1 heterocycles. The SMILES string of the molecule is CC(=O)OCC(C)(C)/C(=N/O)Nc1ccc(I)cn1. The van der Waals surface area contributed by atoms with E-state index >= 15 is 0 Å². The lowest BCUT2D eigenvalue weighted by atomic mass is 9.93. The molecule has 104 valence electrons. The summed E-state index contributed by atoms with van der Waals surface area (Å²) in [5.74, 6) is 0.462. The Hall–Kier alpha value is -1.38. The van der Waals surface area contributed by atoms with Gasteiger partial charge in [0.05, 0.1) is 5.41 Å². The molecular weight excluding hydrogens is 361 g/mol. The van der Waals surface area contributed by atoms with Gasteiger partial charge in [0.15, 0.2) is 5.84 Å². The standard InChI is InChI=1S/C12H16IN3O3/c1-8(17)19-7-12(2,3)11(16-18)15-10-5-4-9(13)6-14-10/h4-6,18H,7H2,1-3H3,(H,14,15,16). The molecule has 7 heteroatoms. The molecule has 0 unspecified atom stereocenters. The molecule has 0 aromatic carbocycles. The first kappa shape index (κ1) is 15.7.